The van der Waals surface area contributed by atoms with Crippen LogP contribution in [0.2, 0.25) is 0 Å². The van der Waals surface area contributed by atoms with Crippen molar-refractivity contribution in [3.8, 4) is 0 Å². The van der Waals surface area contributed by atoms with Crippen molar-refractivity contribution >= 4 is 29.3 Å². The van der Waals surface area contributed by atoms with Crippen LogP contribution in [0.5, 0.6) is 0 Å². The first-order valence-corrected chi connectivity index (χ1v) is 9.54. The summed E-state index contributed by atoms with van der Waals surface area (Å²) in [5, 5.41) is 3.03. The van der Waals surface area contributed by atoms with E-state index in [0.29, 0.717) is 23.3 Å². The van der Waals surface area contributed by atoms with Crippen molar-refractivity contribution in [1.82, 2.24) is 0 Å². The van der Waals surface area contributed by atoms with Crippen LogP contribution in [0.3, 0.4) is 0 Å². The van der Waals surface area contributed by atoms with E-state index in [2.05, 4.69) is 10.1 Å². The van der Waals surface area contributed by atoms with Crippen LogP contribution in [-0.2, 0) is 20.1 Å². The molecule has 2 saturated carbocycles. The summed E-state index contributed by atoms with van der Waals surface area (Å²) in [7, 11) is 1.39. The van der Waals surface area contributed by atoms with Crippen molar-refractivity contribution in [1.29, 1.82) is 0 Å². The van der Waals surface area contributed by atoms with Crippen LogP contribution in [0.4, 0.5) is 5.69 Å². The lowest BCUT2D eigenvalue weighted by atomic mass is 9.84. The van der Waals surface area contributed by atoms with Crippen LogP contribution in [0.15, 0.2) is 24.3 Å². The molecule has 1 aromatic carbocycles. The van der Waals surface area contributed by atoms with Crippen molar-refractivity contribution in [3.63, 3.8) is 0 Å². The standard InChI is InChI=1S/C18H24N2O3S/c1-23-15(21)10-24-9-11-3-2-4-14(7-11)20-18(22)16-12-5-6-13(8-12)17(16)19/h2-4,7,12-13,16-17H,5-6,8-10,19H2,1H3,(H,20,22). The molecule has 6 heteroatoms. The molecule has 2 aliphatic rings. The Morgan fingerprint density at radius 3 is 2.83 bits per heavy atom. The van der Waals surface area contributed by atoms with Gasteiger partial charge in [-0.2, -0.15) is 0 Å². The lowest BCUT2D eigenvalue weighted by Gasteiger charge is -2.27. The minimum Gasteiger partial charge on any atom is -0.468 e. The fourth-order valence-corrected chi connectivity index (χ4v) is 4.80. The number of nitrogens with two attached hydrogens (primary N) is 1. The Balaban J connectivity index is 1.56. The third kappa shape index (κ3) is 3.75. The summed E-state index contributed by atoms with van der Waals surface area (Å²) < 4.78 is 4.63. The lowest BCUT2D eigenvalue weighted by Crippen LogP contribution is -2.42. The number of benzene rings is 1. The van der Waals surface area contributed by atoms with Crippen LogP contribution in [0, 0.1) is 17.8 Å². The molecule has 0 radical (unpaired) electrons. The number of ether oxygens (including phenoxy) is 1. The molecule has 0 heterocycles. The van der Waals surface area contributed by atoms with Gasteiger partial charge in [0.25, 0.3) is 0 Å². The van der Waals surface area contributed by atoms with Gasteiger partial charge in [-0.05, 0) is 48.8 Å². The highest BCUT2D eigenvalue weighted by Gasteiger charge is 2.49. The average molecular weight is 348 g/mol. The van der Waals surface area contributed by atoms with E-state index < -0.39 is 0 Å². The summed E-state index contributed by atoms with van der Waals surface area (Å²) in [5.74, 6) is 1.76. The van der Waals surface area contributed by atoms with Gasteiger partial charge in [-0.25, -0.2) is 0 Å². The van der Waals surface area contributed by atoms with Crippen molar-refractivity contribution in [2.24, 2.45) is 23.5 Å². The molecule has 2 bridgehead atoms. The molecule has 4 unspecified atom stereocenters. The lowest BCUT2D eigenvalue weighted by molar-refractivity contribution is -0.137. The number of thioether (sulfide) groups is 1. The molecule has 4 atom stereocenters. The maximum Gasteiger partial charge on any atom is 0.315 e. The number of carbonyl (C=O) groups is 2. The Morgan fingerprint density at radius 1 is 1.33 bits per heavy atom. The minimum atomic E-state index is -0.227. The number of rotatable bonds is 6. The van der Waals surface area contributed by atoms with Gasteiger partial charge in [0.2, 0.25) is 5.91 Å². The first-order chi connectivity index (χ1) is 11.6. The molecule has 1 aromatic rings. The van der Waals surface area contributed by atoms with E-state index in [-0.39, 0.29) is 23.8 Å². The fourth-order valence-electron chi connectivity index (χ4n) is 4.00. The Bertz CT molecular complexity index is 620. The third-order valence-electron chi connectivity index (χ3n) is 5.19. The molecule has 1 amide bonds. The van der Waals surface area contributed by atoms with Gasteiger partial charge in [0.15, 0.2) is 0 Å². The van der Waals surface area contributed by atoms with E-state index in [4.69, 9.17) is 5.73 Å². The number of amides is 1. The van der Waals surface area contributed by atoms with Crippen molar-refractivity contribution in [2.45, 2.75) is 31.1 Å². The number of fused-ring (bicyclic) bond motifs is 2. The van der Waals surface area contributed by atoms with Gasteiger partial charge >= 0.3 is 5.97 Å². The number of anilines is 1. The summed E-state index contributed by atoms with van der Waals surface area (Å²) in [5.41, 5.74) is 8.11. The predicted molar refractivity (Wildman–Crippen MR) is 95.5 cm³/mol. The summed E-state index contributed by atoms with van der Waals surface area (Å²) in [6, 6.07) is 7.77. The molecular formula is C18H24N2O3S. The van der Waals surface area contributed by atoms with Gasteiger partial charge in [0.05, 0.1) is 18.8 Å². The van der Waals surface area contributed by atoms with E-state index in [1.165, 1.54) is 25.3 Å². The van der Waals surface area contributed by atoms with Gasteiger partial charge in [0, 0.05) is 17.5 Å². The Morgan fingerprint density at radius 2 is 2.12 bits per heavy atom. The quantitative estimate of drug-likeness (QED) is 0.772. The van der Waals surface area contributed by atoms with Gasteiger partial charge in [0.1, 0.15) is 0 Å². The van der Waals surface area contributed by atoms with Crippen LogP contribution >= 0.6 is 11.8 Å². The molecular weight excluding hydrogens is 324 g/mol. The van der Waals surface area contributed by atoms with Gasteiger partial charge in [-0.1, -0.05) is 12.1 Å². The molecule has 0 aliphatic heterocycles. The summed E-state index contributed by atoms with van der Waals surface area (Å²) in [6.45, 7) is 0. The van der Waals surface area contributed by atoms with Crippen molar-refractivity contribution in [2.75, 3.05) is 18.2 Å². The van der Waals surface area contributed by atoms with Gasteiger partial charge < -0.3 is 15.8 Å². The van der Waals surface area contributed by atoms with E-state index in [0.717, 1.165) is 24.1 Å². The minimum absolute atomic E-state index is 0.00236. The Labute approximate surface area is 146 Å². The van der Waals surface area contributed by atoms with Crippen LogP contribution in [0.25, 0.3) is 0 Å². The summed E-state index contributed by atoms with van der Waals surface area (Å²) >= 11 is 1.49. The first kappa shape index (κ1) is 17.3. The SMILES string of the molecule is COC(=O)CSCc1cccc(NC(=O)C2C3CCC(C3)C2N)c1. The highest BCUT2D eigenvalue weighted by Crippen LogP contribution is 2.47. The van der Waals surface area contributed by atoms with E-state index in [1.54, 1.807) is 0 Å². The zero-order chi connectivity index (χ0) is 17.1. The molecule has 2 fully saturated rings. The largest absolute Gasteiger partial charge is 0.468 e. The molecule has 2 aliphatic carbocycles. The number of hydrogen-bond donors (Lipinski definition) is 2. The molecule has 5 nitrogen and oxygen atoms in total. The molecule has 0 aromatic heterocycles. The number of esters is 1. The van der Waals surface area contributed by atoms with Crippen LogP contribution in [-0.4, -0.2) is 30.8 Å². The van der Waals surface area contributed by atoms with Crippen LogP contribution < -0.4 is 11.1 Å². The molecule has 0 spiro atoms. The van der Waals surface area contributed by atoms with E-state index in [1.807, 2.05) is 24.3 Å². The smallest absolute Gasteiger partial charge is 0.315 e. The van der Waals surface area contributed by atoms with E-state index in [9.17, 15) is 9.59 Å². The molecule has 0 saturated heterocycles. The highest BCUT2D eigenvalue weighted by atomic mass is 32.2. The second kappa shape index (κ2) is 7.57. The summed E-state index contributed by atoms with van der Waals surface area (Å²) in [6.07, 6.45) is 3.40. The second-order valence-electron chi connectivity index (χ2n) is 6.69. The molecule has 3 N–H and O–H groups in total. The van der Waals surface area contributed by atoms with Gasteiger partial charge in [-0.15, -0.1) is 11.8 Å². The zero-order valence-electron chi connectivity index (χ0n) is 13.9. The fraction of sp³-hybridized carbons (Fsp3) is 0.556. The van der Waals surface area contributed by atoms with Crippen molar-refractivity contribution < 1.29 is 14.3 Å². The normalized spacial score (nSPS) is 27.9. The molecule has 3 rings (SSSR count). The van der Waals surface area contributed by atoms with Crippen molar-refractivity contribution in [3.05, 3.63) is 29.8 Å². The number of hydrogen-bond acceptors (Lipinski definition) is 5. The Hall–Kier alpha value is -1.53. The third-order valence-corrected chi connectivity index (χ3v) is 6.17. The maximum atomic E-state index is 12.6. The Kier molecular flexibility index (Phi) is 5.46. The topological polar surface area (TPSA) is 81.4 Å². The maximum absolute atomic E-state index is 12.6. The second-order valence-corrected chi connectivity index (χ2v) is 7.68. The monoisotopic (exact) mass is 348 g/mol. The number of nitrogens with one attached hydrogen (secondary N) is 1. The molecule has 130 valence electrons. The highest BCUT2D eigenvalue weighted by molar-refractivity contribution is 7.99. The summed E-state index contributed by atoms with van der Waals surface area (Å²) in [4.78, 5) is 23.8. The van der Waals surface area contributed by atoms with Crippen LogP contribution in [0.1, 0.15) is 24.8 Å². The van der Waals surface area contributed by atoms with E-state index >= 15 is 0 Å². The zero-order valence-corrected chi connectivity index (χ0v) is 14.7. The predicted octanol–water partition coefficient (Wildman–Crippen LogP) is 2.40. The number of methoxy groups -OCH3 is 1. The van der Waals surface area contributed by atoms with Gasteiger partial charge in [-0.3, -0.25) is 9.59 Å². The molecule has 24 heavy (non-hydrogen) atoms. The first-order valence-electron chi connectivity index (χ1n) is 8.38. The number of carbonyl (C=O) groups excluding carboxylic acids is 2. The average Bonchev–Trinajstić information content (AvgIpc) is 3.16.